The molecule has 22 heavy (non-hydrogen) atoms. The van der Waals surface area contributed by atoms with Crippen molar-refractivity contribution in [3.8, 4) is 5.75 Å². The van der Waals surface area contributed by atoms with Crippen molar-refractivity contribution in [3.05, 3.63) is 28.8 Å². The van der Waals surface area contributed by atoms with Crippen molar-refractivity contribution in [1.82, 2.24) is 5.32 Å². The lowest BCUT2D eigenvalue weighted by atomic mass is 9.95. The second kappa shape index (κ2) is 5.94. The zero-order chi connectivity index (χ0) is 15.9. The van der Waals surface area contributed by atoms with E-state index in [1.807, 2.05) is 19.9 Å². The van der Waals surface area contributed by atoms with Gasteiger partial charge in [0.1, 0.15) is 5.75 Å². The Morgan fingerprint density at radius 3 is 2.64 bits per heavy atom. The highest BCUT2D eigenvalue weighted by atomic mass is 16.5. The maximum absolute atomic E-state index is 12.4. The van der Waals surface area contributed by atoms with Crippen LogP contribution in [0.15, 0.2) is 12.1 Å². The number of nitrogens with one attached hydrogen (secondary N) is 1. The molecule has 0 unspecified atom stereocenters. The highest BCUT2D eigenvalue weighted by Gasteiger charge is 2.40. The molecule has 2 bridgehead atoms. The van der Waals surface area contributed by atoms with E-state index in [0.29, 0.717) is 12.0 Å². The van der Waals surface area contributed by atoms with E-state index >= 15 is 0 Å². The van der Waals surface area contributed by atoms with Gasteiger partial charge in [0.25, 0.3) is 5.91 Å². The number of amides is 1. The third kappa shape index (κ3) is 2.99. The van der Waals surface area contributed by atoms with Crippen molar-refractivity contribution in [3.63, 3.8) is 0 Å². The van der Waals surface area contributed by atoms with Crippen molar-refractivity contribution in [2.45, 2.75) is 65.5 Å². The number of carbonyl (C=O) groups is 1. The Kier molecular flexibility index (Phi) is 4.16. The first-order chi connectivity index (χ1) is 10.4. The minimum atomic E-state index is -0.445. The fraction of sp³-hybridized carbons (Fsp3) is 0.632. The van der Waals surface area contributed by atoms with E-state index in [1.165, 1.54) is 30.4 Å². The molecule has 3 heteroatoms. The molecule has 0 aromatic heterocycles. The van der Waals surface area contributed by atoms with Crippen LogP contribution in [0.25, 0.3) is 0 Å². The van der Waals surface area contributed by atoms with Gasteiger partial charge in [-0.05, 0) is 81.5 Å². The smallest absolute Gasteiger partial charge is 0.261 e. The number of fused-ring (bicyclic) bond motifs is 2. The zero-order valence-corrected chi connectivity index (χ0v) is 14.1. The molecular weight excluding hydrogens is 274 g/mol. The molecule has 2 aliphatic carbocycles. The molecular formula is C19H27NO2. The summed E-state index contributed by atoms with van der Waals surface area (Å²) in [5, 5.41) is 3.22. The van der Waals surface area contributed by atoms with Crippen LogP contribution in [0.2, 0.25) is 0 Å². The summed E-state index contributed by atoms with van der Waals surface area (Å²) in [6, 6.07) is 4.53. The number of hydrogen-bond donors (Lipinski definition) is 1. The van der Waals surface area contributed by atoms with Gasteiger partial charge in [-0.1, -0.05) is 12.5 Å². The van der Waals surface area contributed by atoms with Crippen LogP contribution in [0.5, 0.6) is 5.75 Å². The monoisotopic (exact) mass is 301 g/mol. The number of benzene rings is 1. The van der Waals surface area contributed by atoms with Crippen LogP contribution in [0.1, 0.15) is 49.3 Å². The van der Waals surface area contributed by atoms with Crippen LogP contribution in [0.3, 0.4) is 0 Å². The van der Waals surface area contributed by atoms with E-state index in [4.69, 9.17) is 4.74 Å². The number of ether oxygens (including phenoxy) is 1. The molecule has 2 fully saturated rings. The summed E-state index contributed by atoms with van der Waals surface area (Å²) in [6.07, 6.45) is 4.65. The zero-order valence-electron chi connectivity index (χ0n) is 14.1. The maximum Gasteiger partial charge on any atom is 0.261 e. The predicted molar refractivity (Wildman–Crippen MR) is 88.1 cm³/mol. The molecule has 0 heterocycles. The Bertz CT molecular complexity index is 581. The molecule has 1 aromatic carbocycles. The average molecular weight is 301 g/mol. The van der Waals surface area contributed by atoms with E-state index < -0.39 is 6.10 Å². The predicted octanol–water partition coefficient (Wildman–Crippen LogP) is 3.68. The summed E-state index contributed by atoms with van der Waals surface area (Å²) in [5.74, 6) is 2.39. The SMILES string of the molecule is Cc1cc(C)c(C)c(O[C@@H](C)C(=O)N[C@H]2C[C@@H]3CC[C@@H]2C3)c1. The third-order valence-electron chi connectivity index (χ3n) is 5.50. The Hall–Kier alpha value is -1.51. The molecule has 3 nitrogen and oxygen atoms in total. The Labute approximate surface area is 133 Å². The van der Waals surface area contributed by atoms with Gasteiger partial charge in [-0.2, -0.15) is 0 Å². The van der Waals surface area contributed by atoms with Gasteiger partial charge in [0, 0.05) is 6.04 Å². The maximum atomic E-state index is 12.4. The summed E-state index contributed by atoms with van der Waals surface area (Å²) in [6.45, 7) is 8.03. The van der Waals surface area contributed by atoms with Crippen molar-refractivity contribution in [2.75, 3.05) is 0 Å². The third-order valence-corrected chi connectivity index (χ3v) is 5.50. The Morgan fingerprint density at radius 2 is 2.00 bits per heavy atom. The average Bonchev–Trinajstić information content (AvgIpc) is 3.06. The summed E-state index contributed by atoms with van der Waals surface area (Å²) >= 11 is 0. The fourth-order valence-corrected chi connectivity index (χ4v) is 4.09. The Balaban J connectivity index is 1.62. The minimum Gasteiger partial charge on any atom is -0.481 e. The molecule has 3 rings (SSSR count). The molecule has 0 radical (unpaired) electrons. The van der Waals surface area contributed by atoms with Gasteiger partial charge < -0.3 is 10.1 Å². The Morgan fingerprint density at radius 1 is 1.23 bits per heavy atom. The van der Waals surface area contributed by atoms with Crippen LogP contribution >= 0.6 is 0 Å². The summed E-state index contributed by atoms with van der Waals surface area (Å²) in [7, 11) is 0. The normalized spacial score (nSPS) is 27.7. The molecule has 0 saturated heterocycles. The fourth-order valence-electron chi connectivity index (χ4n) is 4.09. The van der Waals surface area contributed by atoms with Crippen LogP contribution in [-0.2, 0) is 4.79 Å². The number of hydrogen-bond acceptors (Lipinski definition) is 2. The molecule has 0 aliphatic heterocycles. The lowest BCUT2D eigenvalue weighted by molar-refractivity contribution is -0.128. The van der Waals surface area contributed by atoms with E-state index in [-0.39, 0.29) is 5.91 Å². The first kappa shape index (κ1) is 15.4. The molecule has 1 N–H and O–H groups in total. The van der Waals surface area contributed by atoms with Gasteiger partial charge in [-0.15, -0.1) is 0 Å². The summed E-state index contributed by atoms with van der Waals surface area (Å²) < 4.78 is 5.95. The van der Waals surface area contributed by atoms with Gasteiger partial charge in [0.15, 0.2) is 6.10 Å². The minimum absolute atomic E-state index is 0.0242. The summed E-state index contributed by atoms with van der Waals surface area (Å²) in [5.41, 5.74) is 3.49. The standard InChI is InChI=1S/C19H27NO2/c1-11-7-12(2)13(3)18(8-11)22-14(4)19(21)20-17-10-15-5-6-16(17)9-15/h7-8,14-17H,5-6,9-10H2,1-4H3,(H,20,21)/t14-,15+,16+,17-/m0/s1. The topological polar surface area (TPSA) is 38.3 Å². The quantitative estimate of drug-likeness (QED) is 0.921. The first-order valence-corrected chi connectivity index (χ1v) is 8.49. The van der Waals surface area contributed by atoms with Crippen LogP contribution < -0.4 is 10.1 Å². The molecule has 2 saturated carbocycles. The molecule has 1 aromatic rings. The number of carbonyl (C=O) groups excluding carboxylic acids is 1. The van der Waals surface area contributed by atoms with Crippen LogP contribution in [0.4, 0.5) is 0 Å². The molecule has 120 valence electrons. The first-order valence-electron chi connectivity index (χ1n) is 8.49. The lowest BCUT2D eigenvalue weighted by Gasteiger charge is -2.25. The molecule has 4 atom stereocenters. The van der Waals surface area contributed by atoms with E-state index in [2.05, 4.69) is 25.2 Å². The summed E-state index contributed by atoms with van der Waals surface area (Å²) in [4.78, 5) is 12.4. The lowest BCUT2D eigenvalue weighted by Crippen LogP contribution is -2.44. The van der Waals surface area contributed by atoms with Gasteiger partial charge in [-0.3, -0.25) is 4.79 Å². The second-order valence-electron chi connectivity index (χ2n) is 7.25. The highest BCUT2D eigenvalue weighted by molar-refractivity contribution is 5.81. The van der Waals surface area contributed by atoms with Gasteiger partial charge in [0.2, 0.25) is 0 Å². The van der Waals surface area contributed by atoms with Crippen LogP contribution in [0, 0.1) is 32.6 Å². The van der Waals surface area contributed by atoms with Gasteiger partial charge >= 0.3 is 0 Å². The van der Waals surface area contributed by atoms with Crippen LogP contribution in [-0.4, -0.2) is 18.1 Å². The number of rotatable bonds is 4. The van der Waals surface area contributed by atoms with E-state index in [1.54, 1.807) is 0 Å². The second-order valence-corrected chi connectivity index (χ2v) is 7.25. The van der Waals surface area contributed by atoms with Gasteiger partial charge in [0.05, 0.1) is 0 Å². The molecule has 2 aliphatic rings. The van der Waals surface area contributed by atoms with Gasteiger partial charge in [-0.25, -0.2) is 0 Å². The van der Waals surface area contributed by atoms with Crippen molar-refractivity contribution in [2.24, 2.45) is 11.8 Å². The van der Waals surface area contributed by atoms with E-state index in [9.17, 15) is 4.79 Å². The largest absolute Gasteiger partial charge is 0.481 e. The van der Waals surface area contributed by atoms with Crippen molar-refractivity contribution >= 4 is 5.91 Å². The van der Waals surface area contributed by atoms with Crippen molar-refractivity contribution in [1.29, 1.82) is 0 Å². The van der Waals surface area contributed by atoms with E-state index in [0.717, 1.165) is 23.7 Å². The highest BCUT2D eigenvalue weighted by Crippen LogP contribution is 2.44. The van der Waals surface area contributed by atoms with Crippen molar-refractivity contribution < 1.29 is 9.53 Å². The number of aryl methyl sites for hydroxylation is 2. The molecule has 0 spiro atoms. The molecule has 1 amide bonds.